The topological polar surface area (TPSA) is 81.8 Å². The molecule has 0 aromatic heterocycles. The Labute approximate surface area is 172 Å². The van der Waals surface area contributed by atoms with Crippen molar-refractivity contribution < 1.29 is 18.8 Å². The number of carbonyl (C=O) groups is 3. The minimum absolute atomic E-state index is 0.119. The van der Waals surface area contributed by atoms with Gasteiger partial charge in [0.25, 0.3) is 5.91 Å². The maximum absolute atomic E-state index is 13.0. The van der Waals surface area contributed by atoms with Crippen LogP contribution in [0.25, 0.3) is 0 Å². The fraction of sp³-hybridized carbons (Fsp3) is 0.200. The fourth-order valence-corrected chi connectivity index (χ4v) is 3.28. The van der Waals surface area contributed by atoms with Crippen LogP contribution in [-0.2, 0) is 20.9 Å². The number of hydrazine groups is 1. The summed E-state index contributed by atoms with van der Waals surface area (Å²) in [5.74, 6) is -1.69. The maximum atomic E-state index is 13.0. The van der Waals surface area contributed by atoms with E-state index in [0.29, 0.717) is 5.69 Å². The van der Waals surface area contributed by atoms with Crippen molar-refractivity contribution in [3.05, 3.63) is 66.0 Å². The summed E-state index contributed by atoms with van der Waals surface area (Å²) in [6.45, 7) is 1.52. The summed E-state index contributed by atoms with van der Waals surface area (Å²) in [4.78, 5) is 38.4. The third kappa shape index (κ3) is 4.94. The average Bonchev–Trinajstić information content (AvgIpc) is 2.89. The molecule has 29 heavy (non-hydrogen) atoms. The van der Waals surface area contributed by atoms with Crippen molar-refractivity contribution in [1.29, 1.82) is 0 Å². The van der Waals surface area contributed by atoms with Crippen LogP contribution in [0.2, 0.25) is 0 Å². The van der Waals surface area contributed by atoms with Crippen molar-refractivity contribution in [3.63, 3.8) is 0 Å². The smallest absolute Gasteiger partial charge is 0.254 e. The Morgan fingerprint density at radius 2 is 1.76 bits per heavy atom. The van der Waals surface area contributed by atoms with Crippen LogP contribution in [0.5, 0.6) is 0 Å². The fourth-order valence-electron chi connectivity index (χ4n) is 2.95. The van der Waals surface area contributed by atoms with E-state index in [0.717, 1.165) is 5.56 Å². The first-order valence-corrected chi connectivity index (χ1v) is 9.27. The highest BCUT2D eigenvalue weighted by atomic mass is 32.1. The van der Waals surface area contributed by atoms with Crippen molar-refractivity contribution in [2.45, 2.75) is 25.9 Å². The van der Waals surface area contributed by atoms with Gasteiger partial charge in [-0.2, -0.15) is 0 Å². The zero-order chi connectivity index (χ0) is 21.0. The van der Waals surface area contributed by atoms with Gasteiger partial charge < -0.3 is 5.32 Å². The van der Waals surface area contributed by atoms with Gasteiger partial charge in [0.05, 0.1) is 13.0 Å². The highest BCUT2D eigenvalue weighted by molar-refractivity contribution is 7.80. The number of carbonyl (C=O) groups excluding carboxylic acids is 3. The molecule has 0 spiro atoms. The predicted octanol–water partition coefficient (Wildman–Crippen LogP) is 2.20. The van der Waals surface area contributed by atoms with Crippen molar-refractivity contribution in [3.8, 4) is 0 Å². The lowest BCUT2D eigenvalue weighted by molar-refractivity contribution is -0.132. The molecule has 2 N–H and O–H groups in total. The molecule has 1 saturated heterocycles. The molecule has 0 bridgehead atoms. The normalized spacial score (nSPS) is 16.1. The molecule has 1 atom stereocenters. The Balaban J connectivity index is 1.75. The summed E-state index contributed by atoms with van der Waals surface area (Å²) in [6, 6.07) is 13.6. The van der Waals surface area contributed by atoms with Crippen LogP contribution >= 0.6 is 12.2 Å². The Bertz CT molecular complexity index is 937. The number of nitrogens with zero attached hydrogens (tertiary/aromatic N) is 2. The van der Waals surface area contributed by atoms with Crippen LogP contribution in [0.3, 0.4) is 0 Å². The quantitative estimate of drug-likeness (QED) is 0.709. The Kier molecular flexibility index (Phi) is 6.18. The number of amides is 3. The third-order valence-corrected chi connectivity index (χ3v) is 4.68. The first-order chi connectivity index (χ1) is 13.8. The van der Waals surface area contributed by atoms with Gasteiger partial charge in [0, 0.05) is 12.6 Å². The van der Waals surface area contributed by atoms with Crippen LogP contribution < -0.4 is 10.7 Å². The molecule has 150 valence electrons. The summed E-state index contributed by atoms with van der Waals surface area (Å²) >= 11 is 5.37. The van der Waals surface area contributed by atoms with E-state index in [4.69, 9.17) is 12.2 Å². The molecule has 1 aliphatic rings. The molecule has 2 aromatic carbocycles. The number of anilines is 1. The van der Waals surface area contributed by atoms with Gasteiger partial charge in [0.1, 0.15) is 11.9 Å². The molecule has 3 amide bonds. The summed E-state index contributed by atoms with van der Waals surface area (Å²) in [5.41, 5.74) is 3.79. The van der Waals surface area contributed by atoms with Gasteiger partial charge in [0.15, 0.2) is 5.11 Å². The van der Waals surface area contributed by atoms with E-state index >= 15 is 0 Å². The Hall–Kier alpha value is -3.33. The van der Waals surface area contributed by atoms with Crippen LogP contribution in [0.15, 0.2) is 54.6 Å². The van der Waals surface area contributed by atoms with Gasteiger partial charge >= 0.3 is 0 Å². The predicted molar refractivity (Wildman–Crippen MR) is 109 cm³/mol. The highest BCUT2D eigenvalue weighted by Crippen LogP contribution is 2.22. The standard InChI is InChI=1S/C20H19FN4O3S/c1-13(26)23-25-17(11-18(27)22-16-9-7-15(21)8-10-16)19(28)24(20(25)29)12-14-5-3-2-4-6-14/h2-10,17H,11-12H2,1H3,(H,22,27)(H,23,26). The van der Waals surface area contributed by atoms with Gasteiger partial charge in [-0.25, -0.2) is 9.40 Å². The minimum atomic E-state index is -0.976. The molecule has 7 nitrogen and oxygen atoms in total. The average molecular weight is 414 g/mol. The van der Waals surface area contributed by atoms with E-state index in [1.54, 1.807) is 0 Å². The molecule has 1 unspecified atom stereocenters. The first kappa shape index (κ1) is 20.4. The molecule has 0 aliphatic carbocycles. The lowest BCUT2D eigenvalue weighted by Crippen LogP contribution is -2.49. The van der Waals surface area contributed by atoms with Crippen molar-refractivity contribution in [1.82, 2.24) is 15.3 Å². The third-order valence-electron chi connectivity index (χ3n) is 4.27. The molecule has 0 radical (unpaired) electrons. The van der Waals surface area contributed by atoms with Gasteiger partial charge in [-0.3, -0.25) is 24.7 Å². The van der Waals surface area contributed by atoms with Gasteiger partial charge in [-0.1, -0.05) is 30.3 Å². The van der Waals surface area contributed by atoms with Crippen molar-refractivity contribution in [2.24, 2.45) is 0 Å². The van der Waals surface area contributed by atoms with E-state index in [-0.39, 0.29) is 24.0 Å². The second-order valence-electron chi connectivity index (χ2n) is 6.51. The maximum Gasteiger partial charge on any atom is 0.254 e. The van der Waals surface area contributed by atoms with Gasteiger partial charge in [-0.15, -0.1) is 0 Å². The molecule has 1 heterocycles. The molecule has 2 aromatic rings. The summed E-state index contributed by atoms with van der Waals surface area (Å²) < 4.78 is 13.0. The largest absolute Gasteiger partial charge is 0.326 e. The lowest BCUT2D eigenvalue weighted by Gasteiger charge is -2.23. The van der Waals surface area contributed by atoms with Gasteiger partial charge in [-0.05, 0) is 42.0 Å². The van der Waals surface area contributed by atoms with Crippen molar-refractivity contribution >= 4 is 40.7 Å². The molecular weight excluding hydrogens is 395 g/mol. The Morgan fingerprint density at radius 3 is 2.38 bits per heavy atom. The lowest BCUT2D eigenvalue weighted by atomic mass is 10.1. The summed E-state index contributed by atoms with van der Waals surface area (Å²) in [7, 11) is 0. The zero-order valence-corrected chi connectivity index (χ0v) is 16.4. The number of thiocarbonyl (C=S) groups is 1. The van der Waals surface area contributed by atoms with Crippen LogP contribution in [0.4, 0.5) is 10.1 Å². The van der Waals surface area contributed by atoms with E-state index < -0.39 is 23.7 Å². The molecule has 0 saturated carbocycles. The number of nitrogens with one attached hydrogen (secondary N) is 2. The second-order valence-corrected chi connectivity index (χ2v) is 6.87. The second kappa shape index (κ2) is 8.78. The number of hydrogen-bond acceptors (Lipinski definition) is 4. The monoisotopic (exact) mass is 414 g/mol. The SMILES string of the molecule is CC(=O)NN1C(=S)N(Cc2ccccc2)C(=O)C1CC(=O)Nc1ccc(F)cc1. The number of halogens is 1. The van der Waals surface area contributed by atoms with E-state index in [1.807, 2.05) is 30.3 Å². The highest BCUT2D eigenvalue weighted by Gasteiger charge is 2.44. The summed E-state index contributed by atoms with van der Waals surface area (Å²) in [5, 5.41) is 3.97. The van der Waals surface area contributed by atoms with E-state index in [9.17, 15) is 18.8 Å². The number of rotatable bonds is 6. The number of hydrogen-bond donors (Lipinski definition) is 2. The molecular formula is C20H19FN4O3S. The van der Waals surface area contributed by atoms with E-state index in [1.165, 1.54) is 41.1 Å². The number of benzene rings is 2. The Morgan fingerprint density at radius 1 is 1.10 bits per heavy atom. The molecule has 1 aliphatic heterocycles. The van der Waals surface area contributed by atoms with Crippen LogP contribution in [0, 0.1) is 5.82 Å². The summed E-state index contributed by atoms with van der Waals surface area (Å²) in [6.07, 6.45) is -0.234. The molecule has 1 fully saturated rings. The minimum Gasteiger partial charge on any atom is -0.326 e. The van der Waals surface area contributed by atoms with Gasteiger partial charge in [0.2, 0.25) is 11.8 Å². The van der Waals surface area contributed by atoms with E-state index in [2.05, 4.69) is 10.7 Å². The zero-order valence-electron chi connectivity index (χ0n) is 15.6. The molecule has 3 rings (SSSR count). The van der Waals surface area contributed by atoms with Crippen LogP contribution in [-0.4, -0.2) is 38.8 Å². The molecule has 9 heteroatoms. The first-order valence-electron chi connectivity index (χ1n) is 8.86. The van der Waals surface area contributed by atoms with Crippen molar-refractivity contribution in [2.75, 3.05) is 5.32 Å². The van der Waals surface area contributed by atoms with Crippen LogP contribution in [0.1, 0.15) is 18.9 Å².